The first kappa shape index (κ1) is 45.5. The normalized spacial score (nSPS) is 18.8. The van der Waals surface area contributed by atoms with Gasteiger partial charge in [-0.05, 0) is 220 Å². The van der Waals surface area contributed by atoms with E-state index < -0.39 is 21.8 Å². The van der Waals surface area contributed by atoms with Crippen molar-refractivity contribution in [3.8, 4) is 20.9 Å². The van der Waals surface area contributed by atoms with E-state index in [9.17, 15) is 0 Å². The minimum atomic E-state index is -0.860. The van der Waals surface area contributed by atoms with Crippen LogP contribution in [0.15, 0.2) is 219 Å². The molecule has 0 spiro atoms. The van der Waals surface area contributed by atoms with Crippen molar-refractivity contribution in [1.82, 2.24) is 0 Å². The summed E-state index contributed by atoms with van der Waals surface area (Å²) in [6.07, 6.45) is 5.01. The van der Waals surface area contributed by atoms with Crippen LogP contribution in [0, 0.1) is 0 Å². The van der Waals surface area contributed by atoms with Gasteiger partial charge in [-0.3, -0.25) is 0 Å². The molecule has 10 heterocycles. The van der Waals surface area contributed by atoms with E-state index >= 15 is 0 Å². The Morgan fingerprint density at radius 3 is 1.36 bits per heavy atom. The summed E-state index contributed by atoms with van der Waals surface area (Å²) in [5.74, 6) is 0. The Hall–Kier alpha value is -8.18. The number of fused-ring (bicyclic) bond motifs is 22. The minimum Gasteiger partial charge on any atom is -0.468 e. The van der Waals surface area contributed by atoms with Crippen molar-refractivity contribution in [2.45, 2.75) is 47.0 Å². The van der Waals surface area contributed by atoms with Crippen molar-refractivity contribution < 1.29 is 8.83 Å². The average molecular weight is 1110 g/mol. The van der Waals surface area contributed by atoms with Gasteiger partial charge in [0.2, 0.25) is 0 Å². The van der Waals surface area contributed by atoms with Crippen LogP contribution in [0.5, 0.6) is 0 Å². The van der Waals surface area contributed by atoms with Crippen molar-refractivity contribution >= 4 is 166 Å². The second-order valence-corrected chi connectivity index (χ2v) is 31.3. The lowest BCUT2D eigenvalue weighted by Crippen LogP contribution is -2.60. The lowest BCUT2D eigenvalue weighted by atomic mass is 9.37. The van der Waals surface area contributed by atoms with Crippen LogP contribution < -0.4 is 26.6 Å². The van der Waals surface area contributed by atoms with Crippen molar-refractivity contribution in [3.63, 3.8) is 0 Å². The standard InChI is InChI=1S/C72H49BN2O2S4/c1-71(2)48-24-26-56-52(38-48)67-69(76-56)73-66-54(74(67)50-30-44(60-34-40-14-5-9-20-58(40)78-60)28-46(32-50)64-36-42-16-7-11-22-62(42)80(64)71)18-13-19-55(66)75-51-31-45(61-35-41-15-6-10-21-59(41)79-61)29-47(33-51)65-37-43-17-8-12-23-63(43)81(65)72(3,4)49-25-27-57-53(39-49)68(75)70(73)77-57/h5-39,80-81H,1-4H3. The van der Waals surface area contributed by atoms with Crippen molar-refractivity contribution in [2.24, 2.45) is 0 Å². The van der Waals surface area contributed by atoms with Crippen LogP contribution in [-0.4, -0.2) is 6.71 Å². The third-order valence-corrected chi connectivity index (χ3v) is 27.1. The highest BCUT2D eigenvalue weighted by Gasteiger charge is 2.51. The van der Waals surface area contributed by atoms with Gasteiger partial charge in [0.25, 0.3) is 0 Å². The predicted molar refractivity (Wildman–Crippen MR) is 351 cm³/mol. The maximum Gasteiger partial charge on any atom is 0.342 e. The Balaban J connectivity index is 0.925. The molecule has 9 heteroatoms. The minimum absolute atomic E-state index is 0.234. The molecule has 0 saturated carbocycles. The summed E-state index contributed by atoms with van der Waals surface area (Å²) < 4.78 is 17.2. The van der Waals surface area contributed by atoms with Gasteiger partial charge in [-0.15, -0.1) is 22.7 Å². The molecule has 0 N–H and O–H groups in total. The Morgan fingerprint density at radius 2 is 0.877 bits per heavy atom. The molecule has 9 aromatic carbocycles. The lowest BCUT2D eigenvalue weighted by molar-refractivity contribution is 0.637. The summed E-state index contributed by atoms with van der Waals surface area (Å²) in [5, 5.41) is 4.77. The lowest BCUT2D eigenvalue weighted by Gasteiger charge is -2.41. The summed E-state index contributed by atoms with van der Waals surface area (Å²) in [6, 6.07) is 76.7. The molecule has 0 saturated heterocycles. The molecule has 0 aliphatic carbocycles. The van der Waals surface area contributed by atoms with Crippen LogP contribution in [0.2, 0.25) is 0 Å². The van der Waals surface area contributed by atoms with Gasteiger partial charge in [0.1, 0.15) is 22.5 Å². The Labute approximate surface area is 482 Å². The molecule has 8 bridgehead atoms. The number of thiol groups is 2. The van der Waals surface area contributed by atoms with E-state index in [0.29, 0.717) is 0 Å². The van der Waals surface area contributed by atoms with E-state index in [1.807, 2.05) is 22.7 Å². The van der Waals surface area contributed by atoms with Crippen LogP contribution in [-0.2, 0) is 9.49 Å². The topological polar surface area (TPSA) is 32.8 Å². The summed E-state index contributed by atoms with van der Waals surface area (Å²) in [7, 11) is -1.72. The van der Waals surface area contributed by atoms with Gasteiger partial charge in [-0.25, -0.2) is 0 Å². The van der Waals surface area contributed by atoms with Crippen molar-refractivity contribution in [1.29, 1.82) is 0 Å². The van der Waals surface area contributed by atoms with Gasteiger partial charge in [0.15, 0.2) is 0 Å². The second kappa shape index (κ2) is 15.8. The molecule has 0 amide bonds. The summed E-state index contributed by atoms with van der Waals surface area (Å²) in [5.41, 5.74) is 21.6. The summed E-state index contributed by atoms with van der Waals surface area (Å²) >= 11 is 3.76. The molecular weight excluding hydrogens is 1060 g/mol. The monoisotopic (exact) mass is 1110 g/mol. The number of thiophene rings is 2. The number of anilines is 6. The maximum atomic E-state index is 7.57. The number of hydrogen-bond donors (Lipinski definition) is 2. The van der Waals surface area contributed by atoms with Gasteiger partial charge in [-0.2, -0.15) is 21.8 Å². The van der Waals surface area contributed by atoms with Crippen LogP contribution in [0.25, 0.3) is 85.0 Å². The maximum absolute atomic E-state index is 7.57. The number of hydrogen-bond acceptors (Lipinski definition) is 6. The van der Waals surface area contributed by atoms with Crippen LogP contribution in [0.1, 0.15) is 61.1 Å². The largest absolute Gasteiger partial charge is 0.468 e. The third kappa shape index (κ3) is 6.09. The fourth-order valence-corrected chi connectivity index (χ4v) is 23.1. The molecular formula is C72H49BN2O2S4. The number of rotatable bonds is 2. The first-order valence-electron chi connectivity index (χ1n) is 28.0. The zero-order chi connectivity index (χ0) is 53.4. The van der Waals surface area contributed by atoms with Gasteiger partial charge in [0, 0.05) is 72.0 Å². The number of furan rings is 2. The highest BCUT2D eigenvalue weighted by Crippen LogP contribution is 2.69. The van der Waals surface area contributed by atoms with E-state index in [4.69, 9.17) is 8.83 Å². The smallest absolute Gasteiger partial charge is 0.342 e. The summed E-state index contributed by atoms with van der Waals surface area (Å²) in [6.45, 7) is 9.56. The Morgan fingerprint density at radius 1 is 0.432 bits per heavy atom. The number of benzene rings is 9. The SMILES string of the molecule is CC1(C)c2ccc3oc4c(c3c2)N(c2cc(cc(-c3cc5ccccc5s3)c2)C2=Cc3ccccc3[SH]21)c1cccc2c1B4c1oc3ccc4cc3c1N2c1cc(cc(-c2cc3ccccc3s2)c1)C1=Cc2ccccc2[SH]1C4(C)C. The first-order valence-corrected chi connectivity index (χ1v) is 32.3. The van der Waals surface area contributed by atoms with E-state index in [0.717, 1.165) is 67.4 Å². The molecule has 4 nitrogen and oxygen atoms in total. The molecule has 4 aromatic heterocycles. The zero-order valence-corrected chi connectivity index (χ0v) is 48.1. The van der Waals surface area contributed by atoms with E-state index in [2.05, 4.69) is 250 Å². The highest BCUT2D eigenvalue weighted by molar-refractivity contribution is 8.26. The third-order valence-electron chi connectivity index (χ3n) is 18.5. The molecule has 6 aliphatic heterocycles. The van der Waals surface area contributed by atoms with E-state index in [1.54, 1.807) is 0 Å². The average Bonchev–Trinajstić information content (AvgIpc) is 4.43. The van der Waals surface area contributed by atoms with E-state index in [1.165, 1.54) is 99.5 Å². The van der Waals surface area contributed by atoms with Crippen molar-refractivity contribution in [2.75, 3.05) is 9.80 Å². The number of nitrogens with zero attached hydrogens (tertiary/aromatic N) is 2. The van der Waals surface area contributed by atoms with Gasteiger partial charge in [0.05, 0.1) is 11.4 Å². The first-order chi connectivity index (χ1) is 39.6. The molecule has 0 fully saturated rings. The highest BCUT2D eigenvalue weighted by atomic mass is 32.2. The quantitative estimate of drug-likeness (QED) is 0.133. The molecule has 81 heavy (non-hydrogen) atoms. The molecule has 2 atom stereocenters. The van der Waals surface area contributed by atoms with Gasteiger partial charge in [-0.1, -0.05) is 91.0 Å². The predicted octanol–water partition coefficient (Wildman–Crippen LogP) is 19.3. The fourth-order valence-electron chi connectivity index (χ4n) is 14.7. The summed E-state index contributed by atoms with van der Waals surface area (Å²) in [4.78, 5) is 13.3. The molecule has 6 aliphatic rings. The van der Waals surface area contributed by atoms with Crippen LogP contribution in [0.3, 0.4) is 0 Å². The van der Waals surface area contributed by atoms with Gasteiger partial charge >= 0.3 is 6.71 Å². The molecule has 0 radical (unpaired) electrons. The van der Waals surface area contributed by atoms with Crippen LogP contribution >= 0.6 is 44.5 Å². The Kier molecular flexibility index (Phi) is 8.91. The molecule has 2 unspecified atom stereocenters. The molecule has 19 rings (SSSR count). The molecule has 386 valence electrons. The second-order valence-electron chi connectivity index (χ2n) is 23.7. The van der Waals surface area contributed by atoms with Gasteiger partial charge < -0.3 is 18.6 Å². The zero-order valence-electron chi connectivity index (χ0n) is 44.7. The Bertz CT molecular complexity index is 4710. The fraction of sp³-hybridized carbons (Fsp3) is 0.0833. The van der Waals surface area contributed by atoms with Crippen LogP contribution in [0.4, 0.5) is 34.1 Å². The van der Waals surface area contributed by atoms with E-state index in [-0.39, 0.29) is 16.2 Å². The van der Waals surface area contributed by atoms with Crippen molar-refractivity contribution in [3.05, 3.63) is 234 Å². The molecule has 13 aromatic rings.